The summed E-state index contributed by atoms with van der Waals surface area (Å²) in [5.74, 6) is 0.842. The number of rotatable bonds is 4. The van der Waals surface area contributed by atoms with Crippen LogP contribution in [0, 0.1) is 6.92 Å². The van der Waals surface area contributed by atoms with Crippen LogP contribution in [-0.2, 0) is 6.61 Å². The van der Waals surface area contributed by atoms with Gasteiger partial charge in [-0.2, -0.15) is 0 Å². The molecule has 0 fully saturated rings. The number of para-hydroxylation sites is 1. The molecule has 0 saturated heterocycles. The summed E-state index contributed by atoms with van der Waals surface area (Å²) in [5.41, 5.74) is 2.69. The fourth-order valence-corrected chi connectivity index (χ4v) is 2.76. The molecule has 0 unspecified atom stereocenters. The lowest BCUT2D eigenvalue weighted by atomic mass is 10.1. The van der Waals surface area contributed by atoms with Crippen LogP contribution in [0.1, 0.15) is 21.5 Å². The molecule has 0 amide bonds. The van der Waals surface area contributed by atoms with E-state index in [0.717, 1.165) is 16.9 Å². The van der Waals surface area contributed by atoms with Crippen LogP contribution in [0.5, 0.6) is 5.75 Å². The highest BCUT2D eigenvalue weighted by atomic mass is 35.5. The van der Waals surface area contributed by atoms with Crippen molar-refractivity contribution in [3.63, 3.8) is 0 Å². The molecule has 0 radical (unpaired) electrons. The average Bonchev–Trinajstić information content (AvgIpc) is 2.37. The Kier molecular flexibility index (Phi) is 4.98. The lowest BCUT2D eigenvalue weighted by Gasteiger charge is -2.14. The monoisotopic (exact) mass is 314 g/mol. The molecule has 0 aliphatic carbocycles. The van der Waals surface area contributed by atoms with Crippen molar-refractivity contribution >= 4 is 34.8 Å². The summed E-state index contributed by atoms with van der Waals surface area (Å²) < 4.78 is 5.79. The van der Waals surface area contributed by atoms with E-state index in [1.54, 1.807) is 6.07 Å². The van der Waals surface area contributed by atoms with Crippen LogP contribution in [0.2, 0.25) is 5.02 Å². The highest BCUT2D eigenvalue weighted by Crippen LogP contribution is 2.34. The average molecular weight is 316 g/mol. The second-order valence-corrected chi connectivity index (χ2v) is 5.67. The van der Waals surface area contributed by atoms with E-state index >= 15 is 0 Å². The molecule has 0 N–H and O–H groups in total. The molecule has 2 aromatic carbocycles. The third kappa shape index (κ3) is 3.56. The fraction of sp³-hybridized carbons (Fsp3) is 0.200. The third-order valence-electron chi connectivity index (χ3n) is 2.84. The Hall–Kier alpha value is -0.890. The van der Waals surface area contributed by atoms with Crippen molar-refractivity contribution in [2.45, 2.75) is 18.4 Å². The molecule has 2 aromatic rings. The highest BCUT2D eigenvalue weighted by molar-refractivity contribution is 6.45. The first kappa shape index (κ1) is 14.5. The number of hydrogen-bond donors (Lipinski definition) is 0. The van der Waals surface area contributed by atoms with Crippen LogP contribution >= 0.6 is 34.8 Å². The van der Waals surface area contributed by atoms with Crippen LogP contribution in [0.3, 0.4) is 0 Å². The Morgan fingerprint density at radius 1 is 1.05 bits per heavy atom. The Morgan fingerprint density at radius 3 is 2.47 bits per heavy atom. The van der Waals surface area contributed by atoms with E-state index in [-0.39, 0.29) is 0 Å². The van der Waals surface area contributed by atoms with Gasteiger partial charge in [-0.15, -0.1) is 0 Å². The first-order valence-electron chi connectivity index (χ1n) is 5.83. The zero-order valence-corrected chi connectivity index (χ0v) is 12.6. The molecule has 0 aliphatic rings. The molecule has 19 heavy (non-hydrogen) atoms. The number of benzene rings is 2. The normalized spacial score (nSPS) is 10.8. The first-order valence-corrected chi connectivity index (χ1v) is 7.08. The Bertz CT molecular complexity index is 567. The minimum Gasteiger partial charge on any atom is -0.489 e. The van der Waals surface area contributed by atoms with Gasteiger partial charge >= 0.3 is 0 Å². The minimum atomic E-state index is -0.663. The molecule has 2 rings (SSSR count). The molecule has 0 heterocycles. The van der Waals surface area contributed by atoms with Crippen LogP contribution in [0.25, 0.3) is 0 Å². The first-order chi connectivity index (χ1) is 9.09. The van der Waals surface area contributed by atoms with E-state index in [9.17, 15) is 0 Å². The molecule has 0 atom stereocenters. The standard InChI is InChI=1S/C15H13Cl3O/c1-10-5-2-3-8-13(10)19-9-11-6-4-7-12(16)14(11)15(17)18/h2-8,15H,9H2,1H3. The zero-order chi connectivity index (χ0) is 13.8. The molecular weight excluding hydrogens is 303 g/mol. The maximum absolute atomic E-state index is 6.11. The van der Waals surface area contributed by atoms with Gasteiger partial charge in [-0.1, -0.05) is 65.1 Å². The van der Waals surface area contributed by atoms with E-state index < -0.39 is 4.84 Å². The second kappa shape index (κ2) is 6.51. The predicted octanol–water partition coefficient (Wildman–Crippen LogP) is 5.70. The summed E-state index contributed by atoms with van der Waals surface area (Å²) in [6.45, 7) is 2.39. The van der Waals surface area contributed by atoms with Crippen molar-refractivity contribution in [3.05, 3.63) is 64.2 Å². The van der Waals surface area contributed by atoms with Crippen molar-refractivity contribution in [2.75, 3.05) is 0 Å². The quantitative estimate of drug-likeness (QED) is 0.657. The van der Waals surface area contributed by atoms with Crippen LogP contribution in [0.15, 0.2) is 42.5 Å². The van der Waals surface area contributed by atoms with Crippen molar-refractivity contribution in [3.8, 4) is 5.75 Å². The number of aryl methyl sites for hydroxylation is 1. The van der Waals surface area contributed by atoms with Gasteiger partial charge in [0.05, 0.1) is 0 Å². The SMILES string of the molecule is Cc1ccccc1OCc1cccc(Cl)c1C(Cl)Cl. The molecule has 0 aliphatic heterocycles. The maximum atomic E-state index is 6.11. The lowest BCUT2D eigenvalue weighted by molar-refractivity contribution is 0.303. The summed E-state index contributed by atoms with van der Waals surface area (Å²) in [5, 5.41) is 0.556. The molecule has 1 nitrogen and oxygen atoms in total. The topological polar surface area (TPSA) is 9.23 Å². The summed E-state index contributed by atoms with van der Waals surface area (Å²) in [6.07, 6.45) is 0. The van der Waals surface area contributed by atoms with E-state index in [1.807, 2.05) is 43.3 Å². The molecule has 0 saturated carbocycles. The van der Waals surface area contributed by atoms with Gasteiger partial charge in [0.2, 0.25) is 0 Å². The van der Waals surface area contributed by atoms with Crippen molar-refractivity contribution < 1.29 is 4.74 Å². The fourth-order valence-electron chi connectivity index (χ4n) is 1.83. The van der Waals surface area contributed by atoms with Crippen LogP contribution in [-0.4, -0.2) is 0 Å². The summed E-state index contributed by atoms with van der Waals surface area (Å²) >= 11 is 18.0. The number of ether oxygens (including phenoxy) is 1. The summed E-state index contributed by atoms with van der Waals surface area (Å²) in [6, 6.07) is 13.4. The van der Waals surface area contributed by atoms with Crippen LogP contribution in [0.4, 0.5) is 0 Å². The van der Waals surface area contributed by atoms with Gasteiger partial charge in [0.25, 0.3) is 0 Å². The maximum Gasteiger partial charge on any atom is 0.134 e. The third-order valence-corrected chi connectivity index (χ3v) is 3.60. The van der Waals surface area contributed by atoms with Gasteiger partial charge in [-0.05, 0) is 30.2 Å². The molecule has 0 bridgehead atoms. The van der Waals surface area contributed by atoms with Crippen molar-refractivity contribution in [2.24, 2.45) is 0 Å². The number of hydrogen-bond acceptors (Lipinski definition) is 1. The smallest absolute Gasteiger partial charge is 0.134 e. The zero-order valence-electron chi connectivity index (χ0n) is 10.4. The lowest BCUT2D eigenvalue weighted by Crippen LogP contribution is -2.01. The van der Waals surface area contributed by atoms with Gasteiger partial charge in [0.15, 0.2) is 0 Å². The highest BCUT2D eigenvalue weighted by Gasteiger charge is 2.14. The van der Waals surface area contributed by atoms with Gasteiger partial charge < -0.3 is 4.74 Å². The molecule has 4 heteroatoms. The Morgan fingerprint density at radius 2 is 1.79 bits per heavy atom. The van der Waals surface area contributed by atoms with E-state index in [4.69, 9.17) is 39.5 Å². The van der Waals surface area contributed by atoms with Crippen LogP contribution < -0.4 is 4.74 Å². The van der Waals surface area contributed by atoms with Crippen molar-refractivity contribution in [1.29, 1.82) is 0 Å². The van der Waals surface area contributed by atoms with E-state index in [2.05, 4.69) is 0 Å². The predicted molar refractivity (Wildman–Crippen MR) is 81.4 cm³/mol. The van der Waals surface area contributed by atoms with Crippen molar-refractivity contribution in [1.82, 2.24) is 0 Å². The molecular formula is C15H13Cl3O. The van der Waals surface area contributed by atoms with E-state index in [1.165, 1.54) is 0 Å². The number of alkyl halides is 2. The van der Waals surface area contributed by atoms with Gasteiger partial charge in [0, 0.05) is 10.6 Å². The van der Waals surface area contributed by atoms with E-state index in [0.29, 0.717) is 17.2 Å². The Balaban J connectivity index is 2.21. The summed E-state index contributed by atoms with van der Waals surface area (Å²) in [7, 11) is 0. The molecule has 0 spiro atoms. The van der Waals surface area contributed by atoms with Gasteiger partial charge in [0.1, 0.15) is 17.2 Å². The van der Waals surface area contributed by atoms with Gasteiger partial charge in [-0.3, -0.25) is 0 Å². The summed E-state index contributed by atoms with van der Waals surface area (Å²) in [4.78, 5) is -0.663. The second-order valence-electron chi connectivity index (χ2n) is 4.17. The largest absolute Gasteiger partial charge is 0.489 e. The number of halogens is 3. The minimum absolute atomic E-state index is 0.386. The molecule has 100 valence electrons. The van der Waals surface area contributed by atoms with Gasteiger partial charge in [-0.25, -0.2) is 0 Å². The Labute approximate surface area is 128 Å². The molecule has 0 aromatic heterocycles.